The molecule has 2 aromatic heterocycles. The van der Waals surface area contributed by atoms with Crippen molar-refractivity contribution >= 4 is 57.5 Å². The maximum Gasteiger partial charge on any atom is 0.239 e. The number of rotatable bonds is 9. The molecule has 2 heterocycles. The van der Waals surface area contributed by atoms with E-state index in [0.717, 1.165) is 45.9 Å². The third kappa shape index (κ3) is 6.07. The van der Waals surface area contributed by atoms with Crippen molar-refractivity contribution in [3.8, 4) is 0 Å². The molecule has 1 unspecified atom stereocenters. The summed E-state index contributed by atoms with van der Waals surface area (Å²) in [7, 11) is 0. The first kappa shape index (κ1) is 23.6. The Morgan fingerprint density at radius 3 is 2.81 bits per heavy atom. The minimum atomic E-state index is -0.297. The fourth-order valence-electron chi connectivity index (χ4n) is 3.76. The first-order valence-corrected chi connectivity index (χ1v) is 14.0. The molecule has 0 spiro atoms. The maximum atomic E-state index is 12.6. The van der Waals surface area contributed by atoms with Gasteiger partial charge < -0.3 is 9.88 Å². The summed E-state index contributed by atoms with van der Waals surface area (Å²) in [6, 6.07) is 8.34. The fraction of sp³-hybridized carbons (Fsp3) is 0.455. The van der Waals surface area contributed by atoms with Crippen molar-refractivity contribution in [1.82, 2.24) is 19.7 Å². The average Bonchev–Trinajstić information content (AvgIpc) is 3.45. The topological polar surface area (TPSA) is 72.7 Å². The van der Waals surface area contributed by atoms with Gasteiger partial charge in [0.05, 0.1) is 11.0 Å². The summed E-state index contributed by atoms with van der Waals surface area (Å²) in [5.74, 6) is 2.49. The third-order valence-electron chi connectivity index (χ3n) is 5.44. The molecule has 1 aliphatic carbocycles. The van der Waals surface area contributed by atoms with Gasteiger partial charge in [-0.25, -0.2) is 4.98 Å². The fourth-order valence-corrected chi connectivity index (χ4v) is 6.47. The summed E-state index contributed by atoms with van der Waals surface area (Å²) in [6.07, 6.45) is 7.67. The van der Waals surface area contributed by atoms with E-state index in [1.54, 1.807) is 18.0 Å². The molecule has 0 saturated heterocycles. The van der Waals surface area contributed by atoms with Gasteiger partial charge in [0.2, 0.25) is 5.91 Å². The summed E-state index contributed by atoms with van der Waals surface area (Å²) in [6.45, 7) is 1.90. The second kappa shape index (κ2) is 11.5. The molecule has 0 radical (unpaired) electrons. The molecule has 0 bridgehead atoms. The van der Waals surface area contributed by atoms with Gasteiger partial charge in [0.25, 0.3) is 0 Å². The van der Waals surface area contributed by atoms with E-state index in [2.05, 4.69) is 31.1 Å². The Bertz CT molecular complexity index is 1020. The first-order chi connectivity index (χ1) is 15.6. The lowest BCUT2D eigenvalue weighted by Gasteiger charge is -2.26. The Morgan fingerprint density at radius 2 is 2.06 bits per heavy atom. The summed E-state index contributed by atoms with van der Waals surface area (Å²) in [5.41, 5.74) is 1.13. The maximum absolute atomic E-state index is 12.6. The van der Waals surface area contributed by atoms with Crippen molar-refractivity contribution in [3.05, 3.63) is 52.3 Å². The summed E-state index contributed by atoms with van der Waals surface area (Å²) in [4.78, 5) is 16.8. The van der Waals surface area contributed by atoms with Crippen molar-refractivity contribution < 1.29 is 4.79 Å². The number of thioether (sulfide) groups is 2. The molecule has 1 atom stereocenters. The van der Waals surface area contributed by atoms with E-state index in [1.807, 2.05) is 30.5 Å². The van der Waals surface area contributed by atoms with Crippen LogP contribution in [0.5, 0.6) is 0 Å². The molecular formula is C22H26ClN5OS3. The number of nitrogens with one attached hydrogen (secondary N) is 1. The van der Waals surface area contributed by atoms with Crippen LogP contribution in [-0.4, -0.2) is 30.9 Å². The first-order valence-electron chi connectivity index (χ1n) is 10.7. The highest BCUT2D eigenvalue weighted by Crippen LogP contribution is 2.35. The molecule has 1 amide bonds. The molecule has 32 heavy (non-hydrogen) atoms. The molecule has 4 rings (SSSR count). The second-order valence-electron chi connectivity index (χ2n) is 7.73. The minimum absolute atomic E-state index is 0.0715. The molecule has 3 aromatic rings. The molecule has 0 aliphatic heterocycles. The smallest absolute Gasteiger partial charge is 0.239 e. The molecule has 1 aliphatic rings. The van der Waals surface area contributed by atoms with E-state index < -0.39 is 0 Å². The predicted molar refractivity (Wildman–Crippen MR) is 135 cm³/mol. The van der Waals surface area contributed by atoms with Crippen molar-refractivity contribution in [2.45, 2.75) is 67.0 Å². The summed E-state index contributed by atoms with van der Waals surface area (Å²) < 4.78 is 2.29. The Balaban J connectivity index is 1.46. The molecular weight excluding hydrogens is 482 g/mol. The molecule has 1 fully saturated rings. The van der Waals surface area contributed by atoms with Gasteiger partial charge in [-0.3, -0.25) is 4.79 Å². The van der Waals surface area contributed by atoms with Crippen molar-refractivity contribution in [1.29, 1.82) is 0 Å². The Kier molecular flexibility index (Phi) is 8.51. The van der Waals surface area contributed by atoms with Crippen LogP contribution >= 0.6 is 46.5 Å². The van der Waals surface area contributed by atoms with Crippen LogP contribution in [0, 0.1) is 0 Å². The van der Waals surface area contributed by atoms with Gasteiger partial charge in [0.1, 0.15) is 5.82 Å². The average molecular weight is 508 g/mol. The number of carbonyl (C=O) groups excluding carboxylic acids is 1. The number of benzene rings is 1. The molecule has 6 nitrogen and oxygen atoms in total. The van der Waals surface area contributed by atoms with Gasteiger partial charge >= 0.3 is 0 Å². The predicted octanol–water partition coefficient (Wildman–Crippen LogP) is 6.45. The lowest BCUT2D eigenvalue weighted by atomic mass is 9.95. The van der Waals surface area contributed by atoms with Gasteiger partial charge in [-0.15, -0.1) is 33.3 Å². The number of halogens is 1. The van der Waals surface area contributed by atoms with Crippen LogP contribution in [0.4, 0.5) is 5.13 Å². The van der Waals surface area contributed by atoms with Crippen LogP contribution in [0.2, 0.25) is 5.02 Å². The molecule has 1 aromatic carbocycles. The zero-order valence-electron chi connectivity index (χ0n) is 17.9. The number of carbonyl (C=O) groups is 1. The lowest BCUT2D eigenvalue weighted by molar-refractivity contribution is -0.115. The van der Waals surface area contributed by atoms with Crippen LogP contribution in [-0.2, 0) is 16.3 Å². The summed E-state index contributed by atoms with van der Waals surface area (Å²) >= 11 is 11.0. The monoisotopic (exact) mass is 507 g/mol. The van der Waals surface area contributed by atoms with Crippen LogP contribution in [0.25, 0.3) is 0 Å². The highest BCUT2D eigenvalue weighted by molar-refractivity contribution is 8.00. The van der Waals surface area contributed by atoms with Crippen LogP contribution in [0.15, 0.2) is 41.0 Å². The van der Waals surface area contributed by atoms with Gasteiger partial charge in [0, 0.05) is 28.4 Å². The zero-order chi connectivity index (χ0) is 22.3. The molecule has 1 N–H and O–H groups in total. The van der Waals surface area contributed by atoms with E-state index in [9.17, 15) is 4.79 Å². The van der Waals surface area contributed by atoms with Crippen LogP contribution in [0.1, 0.15) is 56.5 Å². The highest BCUT2D eigenvalue weighted by Gasteiger charge is 2.26. The van der Waals surface area contributed by atoms with E-state index in [-0.39, 0.29) is 11.2 Å². The van der Waals surface area contributed by atoms with E-state index in [1.165, 1.54) is 42.4 Å². The van der Waals surface area contributed by atoms with E-state index >= 15 is 0 Å². The highest BCUT2D eigenvalue weighted by atomic mass is 35.5. The molecule has 10 heteroatoms. The standard InChI is InChI=1S/C22H26ClN5OS3/c1-15(20(29)25-21-24-11-12-31-21)32-22-27-26-19(28(22)17-8-3-2-4-9-17)14-30-13-16-7-5-6-10-18(16)23/h5-7,10-12,15,17H,2-4,8-9,13-14H2,1H3,(H,24,25,29). The van der Waals surface area contributed by atoms with Gasteiger partial charge in [-0.05, 0) is 31.4 Å². The minimum Gasteiger partial charge on any atom is -0.302 e. The lowest BCUT2D eigenvalue weighted by Crippen LogP contribution is -2.23. The van der Waals surface area contributed by atoms with E-state index in [0.29, 0.717) is 11.2 Å². The molecule has 170 valence electrons. The van der Waals surface area contributed by atoms with Gasteiger partial charge in [0.15, 0.2) is 10.3 Å². The third-order valence-corrected chi connectivity index (χ3v) is 8.53. The van der Waals surface area contributed by atoms with E-state index in [4.69, 9.17) is 11.6 Å². The van der Waals surface area contributed by atoms with Gasteiger partial charge in [-0.1, -0.05) is 60.8 Å². The number of hydrogen-bond acceptors (Lipinski definition) is 7. The number of nitrogens with zero attached hydrogens (tertiary/aromatic N) is 4. The number of aromatic nitrogens is 4. The largest absolute Gasteiger partial charge is 0.302 e. The SMILES string of the molecule is CC(Sc1nnc(CSCc2ccccc2Cl)n1C1CCCCC1)C(=O)Nc1nccs1. The van der Waals surface area contributed by atoms with Crippen molar-refractivity contribution in [2.24, 2.45) is 0 Å². The number of amides is 1. The Hall–Kier alpha value is -1.55. The quantitative estimate of drug-likeness (QED) is 0.336. The molecule has 1 saturated carbocycles. The number of hydrogen-bond donors (Lipinski definition) is 1. The van der Waals surface area contributed by atoms with Crippen LogP contribution < -0.4 is 5.32 Å². The zero-order valence-corrected chi connectivity index (χ0v) is 21.1. The van der Waals surface area contributed by atoms with Gasteiger partial charge in [-0.2, -0.15) is 0 Å². The normalized spacial score (nSPS) is 15.6. The van der Waals surface area contributed by atoms with Crippen molar-refractivity contribution in [3.63, 3.8) is 0 Å². The number of thiazole rings is 1. The summed E-state index contributed by atoms with van der Waals surface area (Å²) in [5, 5.41) is 15.7. The Labute approximate surface area is 206 Å². The van der Waals surface area contributed by atoms with Crippen LogP contribution in [0.3, 0.4) is 0 Å². The Morgan fingerprint density at radius 1 is 1.25 bits per heavy atom. The second-order valence-corrected chi connectivity index (χ2v) is 11.3. The van der Waals surface area contributed by atoms with Crippen molar-refractivity contribution in [2.75, 3.05) is 5.32 Å². The number of anilines is 1.